The minimum absolute atomic E-state index is 0.00202. The number of nitrogens with zero attached hydrogens (tertiary/aromatic N) is 1. The van der Waals surface area contributed by atoms with Crippen molar-refractivity contribution in [2.45, 2.75) is 51.4 Å². The lowest BCUT2D eigenvalue weighted by atomic mass is 10.0. The molecule has 27 heavy (non-hydrogen) atoms. The van der Waals surface area contributed by atoms with Crippen LogP contribution < -0.4 is 14.8 Å². The molecule has 2 unspecified atom stereocenters. The molecule has 1 fully saturated rings. The van der Waals surface area contributed by atoms with Gasteiger partial charge in [0.1, 0.15) is 11.6 Å². The molecule has 8 nitrogen and oxygen atoms in total. The molecule has 3 atom stereocenters. The van der Waals surface area contributed by atoms with Crippen molar-refractivity contribution < 1.29 is 28.6 Å². The molecule has 2 aliphatic rings. The summed E-state index contributed by atoms with van der Waals surface area (Å²) in [7, 11) is 2.91. The molecular weight excluding hydrogens is 352 g/mol. The number of hydrogen-bond acceptors (Lipinski definition) is 6. The Hall–Kier alpha value is -2.77. The average molecular weight is 376 g/mol. The van der Waals surface area contributed by atoms with Gasteiger partial charge in [0.2, 0.25) is 18.0 Å². The van der Waals surface area contributed by atoms with Gasteiger partial charge in [0.25, 0.3) is 0 Å². The lowest BCUT2D eigenvalue weighted by molar-refractivity contribution is -0.146. The largest absolute Gasteiger partial charge is 0.493 e. The van der Waals surface area contributed by atoms with E-state index in [0.717, 1.165) is 6.42 Å². The van der Waals surface area contributed by atoms with Gasteiger partial charge >= 0.3 is 5.97 Å². The Morgan fingerprint density at radius 3 is 2.70 bits per heavy atom. The highest BCUT2D eigenvalue weighted by Crippen LogP contribution is 2.45. The predicted molar refractivity (Wildman–Crippen MR) is 95.5 cm³/mol. The van der Waals surface area contributed by atoms with Crippen molar-refractivity contribution in [3.63, 3.8) is 0 Å². The van der Waals surface area contributed by atoms with Gasteiger partial charge in [-0.2, -0.15) is 0 Å². The maximum atomic E-state index is 12.7. The number of amides is 2. The monoisotopic (exact) mass is 376 g/mol. The Balaban J connectivity index is 1.96. The zero-order valence-corrected chi connectivity index (χ0v) is 15.9. The van der Waals surface area contributed by atoms with Gasteiger partial charge in [-0.05, 0) is 31.9 Å². The van der Waals surface area contributed by atoms with E-state index in [4.69, 9.17) is 14.2 Å². The predicted octanol–water partition coefficient (Wildman–Crippen LogP) is 1.78. The number of ether oxygens (including phenoxy) is 3. The van der Waals surface area contributed by atoms with Crippen LogP contribution in [0.3, 0.4) is 0 Å². The number of cyclic esters (lactones) is 1. The zero-order chi connectivity index (χ0) is 19.7. The van der Waals surface area contributed by atoms with E-state index in [9.17, 15) is 14.4 Å². The number of hydrogen-bond donors (Lipinski definition) is 1. The van der Waals surface area contributed by atoms with E-state index in [1.165, 1.54) is 19.1 Å². The maximum absolute atomic E-state index is 12.7. The summed E-state index contributed by atoms with van der Waals surface area (Å²) < 4.78 is 16.0. The van der Waals surface area contributed by atoms with Crippen LogP contribution in [0.25, 0.3) is 0 Å². The molecule has 0 aromatic heterocycles. The quantitative estimate of drug-likeness (QED) is 0.761. The Morgan fingerprint density at radius 2 is 2.07 bits per heavy atom. The second-order valence-electron chi connectivity index (χ2n) is 6.70. The minimum Gasteiger partial charge on any atom is -0.493 e. The number of likely N-dealkylation sites (tertiary alicyclic amines) is 1. The van der Waals surface area contributed by atoms with E-state index in [1.807, 2.05) is 13.8 Å². The van der Waals surface area contributed by atoms with Crippen molar-refractivity contribution in [1.82, 2.24) is 10.2 Å². The van der Waals surface area contributed by atoms with Gasteiger partial charge in [-0.15, -0.1) is 0 Å². The van der Waals surface area contributed by atoms with Crippen LogP contribution in [0.2, 0.25) is 0 Å². The number of carbonyl (C=O) groups is 3. The number of carbonyl (C=O) groups excluding carboxylic acids is 3. The third kappa shape index (κ3) is 3.20. The molecule has 1 aromatic rings. The fourth-order valence-corrected chi connectivity index (χ4v) is 3.48. The summed E-state index contributed by atoms with van der Waals surface area (Å²) in [6.45, 7) is 3.87. The molecule has 0 spiro atoms. The first-order valence-electron chi connectivity index (χ1n) is 9.00. The molecule has 0 bridgehead atoms. The fourth-order valence-electron chi connectivity index (χ4n) is 3.48. The molecule has 3 rings (SSSR count). The second-order valence-corrected chi connectivity index (χ2v) is 6.70. The minimum atomic E-state index is -0.949. The van der Waals surface area contributed by atoms with E-state index in [0.29, 0.717) is 17.7 Å². The standard InChI is InChI=1S/C19H24N2O6/c1-5-10(2)20-17(23)12-7-9-14(22)21(12)18-11-6-8-13(25-3)16(26-4)15(11)19(24)27-18/h6,8,10,12,18H,5,7,9H2,1-4H3,(H,20,23)/t10?,12-,18?/m0/s1. The van der Waals surface area contributed by atoms with Crippen molar-refractivity contribution in [1.29, 1.82) is 0 Å². The first-order chi connectivity index (χ1) is 12.9. The molecule has 1 N–H and O–H groups in total. The van der Waals surface area contributed by atoms with Crippen LogP contribution in [0.1, 0.15) is 55.3 Å². The normalized spacial score (nSPS) is 22.3. The first kappa shape index (κ1) is 19.0. The summed E-state index contributed by atoms with van der Waals surface area (Å²) in [5.74, 6) is -0.408. The number of esters is 1. The molecule has 1 aromatic carbocycles. The van der Waals surface area contributed by atoms with Crippen molar-refractivity contribution in [2.75, 3.05) is 14.2 Å². The zero-order valence-electron chi connectivity index (χ0n) is 15.9. The van der Waals surface area contributed by atoms with Crippen LogP contribution in [0, 0.1) is 0 Å². The third-order valence-corrected chi connectivity index (χ3v) is 5.08. The molecule has 146 valence electrons. The van der Waals surface area contributed by atoms with Gasteiger partial charge in [-0.25, -0.2) is 4.79 Å². The van der Waals surface area contributed by atoms with Crippen molar-refractivity contribution in [3.05, 3.63) is 23.3 Å². The highest BCUT2D eigenvalue weighted by atomic mass is 16.6. The number of fused-ring (bicyclic) bond motifs is 1. The number of rotatable bonds is 6. The third-order valence-electron chi connectivity index (χ3n) is 5.08. The molecule has 0 aliphatic carbocycles. The molecule has 0 radical (unpaired) electrons. The summed E-state index contributed by atoms with van der Waals surface area (Å²) in [6, 6.07) is 2.64. The molecule has 2 heterocycles. The summed E-state index contributed by atoms with van der Waals surface area (Å²) in [4.78, 5) is 39.0. The van der Waals surface area contributed by atoms with Crippen LogP contribution in [-0.2, 0) is 14.3 Å². The summed E-state index contributed by atoms with van der Waals surface area (Å²) in [6.07, 6.45) is 0.451. The molecule has 0 saturated carbocycles. The van der Waals surface area contributed by atoms with Crippen LogP contribution in [0.5, 0.6) is 11.5 Å². The summed E-state index contributed by atoms with van der Waals surface area (Å²) in [5, 5.41) is 2.90. The van der Waals surface area contributed by atoms with Gasteiger partial charge in [0.15, 0.2) is 11.5 Å². The van der Waals surface area contributed by atoms with Gasteiger partial charge in [0, 0.05) is 18.0 Å². The van der Waals surface area contributed by atoms with Gasteiger partial charge in [-0.1, -0.05) is 6.92 Å². The fraction of sp³-hybridized carbons (Fsp3) is 0.526. The Morgan fingerprint density at radius 1 is 1.33 bits per heavy atom. The SMILES string of the molecule is CCC(C)NC(=O)[C@@H]1CCC(=O)N1C1OC(=O)c2c1ccc(OC)c2OC. The van der Waals surface area contributed by atoms with Gasteiger partial charge in [0.05, 0.1) is 14.2 Å². The Labute approximate surface area is 157 Å². The molecular formula is C19H24N2O6. The average Bonchev–Trinajstić information content (AvgIpc) is 3.20. The number of benzene rings is 1. The number of nitrogens with one attached hydrogen (secondary N) is 1. The molecule has 2 amide bonds. The van der Waals surface area contributed by atoms with E-state index in [2.05, 4.69) is 5.32 Å². The molecule has 2 aliphatic heterocycles. The van der Waals surface area contributed by atoms with Crippen LogP contribution in [-0.4, -0.2) is 49.0 Å². The Kier molecular flexibility index (Phi) is 5.25. The summed E-state index contributed by atoms with van der Waals surface area (Å²) in [5.41, 5.74) is 0.719. The second kappa shape index (κ2) is 7.46. The van der Waals surface area contributed by atoms with Crippen LogP contribution >= 0.6 is 0 Å². The van der Waals surface area contributed by atoms with Crippen LogP contribution in [0.4, 0.5) is 0 Å². The topological polar surface area (TPSA) is 94.2 Å². The maximum Gasteiger partial charge on any atom is 0.344 e. The highest BCUT2D eigenvalue weighted by molar-refractivity contribution is 5.99. The lowest BCUT2D eigenvalue weighted by Gasteiger charge is -2.30. The van der Waals surface area contributed by atoms with Crippen molar-refractivity contribution in [3.8, 4) is 11.5 Å². The first-order valence-corrected chi connectivity index (χ1v) is 9.00. The van der Waals surface area contributed by atoms with Gasteiger partial charge < -0.3 is 19.5 Å². The van der Waals surface area contributed by atoms with E-state index in [-0.39, 0.29) is 35.6 Å². The van der Waals surface area contributed by atoms with Crippen molar-refractivity contribution in [2.24, 2.45) is 0 Å². The smallest absolute Gasteiger partial charge is 0.344 e. The summed E-state index contributed by atoms with van der Waals surface area (Å²) >= 11 is 0. The number of methoxy groups -OCH3 is 2. The molecule has 1 saturated heterocycles. The molecule has 8 heteroatoms. The Bertz CT molecular complexity index is 778. The van der Waals surface area contributed by atoms with E-state index < -0.39 is 18.2 Å². The van der Waals surface area contributed by atoms with E-state index in [1.54, 1.807) is 12.1 Å². The highest BCUT2D eigenvalue weighted by Gasteiger charge is 2.47. The lowest BCUT2D eigenvalue weighted by Crippen LogP contribution is -2.48. The van der Waals surface area contributed by atoms with Crippen LogP contribution in [0.15, 0.2) is 12.1 Å². The van der Waals surface area contributed by atoms with Crippen molar-refractivity contribution >= 4 is 17.8 Å². The van der Waals surface area contributed by atoms with E-state index >= 15 is 0 Å². The van der Waals surface area contributed by atoms with Gasteiger partial charge in [-0.3, -0.25) is 14.5 Å².